The smallest absolute Gasteiger partial charge is 0.254 e. The van der Waals surface area contributed by atoms with Crippen LogP contribution >= 0.6 is 22.6 Å². The second-order valence-electron chi connectivity index (χ2n) is 11.8. The van der Waals surface area contributed by atoms with Gasteiger partial charge in [0.15, 0.2) is 5.78 Å². The molecule has 0 unspecified atom stereocenters. The number of alkyl halides is 1. The van der Waals surface area contributed by atoms with E-state index in [0.717, 1.165) is 76.3 Å². The molecule has 1 aliphatic carbocycles. The molecule has 248 valence electrons. The lowest BCUT2D eigenvalue weighted by molar-refractivity contribution is -0.112. The van der Waals surface area contributed by atoms with Crippen molar-refractivity contribution in [3.63, 3.8) is 0 Å². The first kappa shape index (κ1) is 36.0. The van der Waals surface area contributed by atoms with Gasteiger partial charge in [-0.05, 0) is 69.5 Å². The SMILES string of the molecule is C=C1NC(=C)/C(=C\C=C(/C)CI)C(c2ccccc2C(=O)N2CCN(CCCOC3=CCC=CC(OC)=C3C)CC2)=C1/C=C\C(C)=O. The van der Waals surface area contributed by atoms with Gasteiger partial charge in [-0.2, -0.15) is 0 Å². The normalized spacial score (nSPS) is 18.9. The predicted molar refractivity (Wildman–Crippen MR) is 200 cm³/mol. The zero-order chi connectivity index (χ0) is 33.9. The second-order valence-corrected chi connectivity index (χ2v) is 12.6. The van der Waals surface area contributed by atoms with Crippen LogP contribution in [0.4, 0.5) is 0 Å². The van der Waals surface area contributed by atoms with Crippen molar-refractivity contribution in [2.24, 2.45) is 0 Å². The number of nitrogens with one attached hydrogen (secondary N) is 1. The third kappa shape index (κ3) is 9.35. The second kappa shape index (κ2) is 17.3. The molecule has 4 rings (SSSR count). The lowest BCUT2D eigenvalue weighted by Gasteiger charge is -2.35. The number of halogens is 1. The Morgan fingerprint density at radius 2 is 1.83 bits per heavy atom. The molecule has 1 amide bonds. The molecule has 8 heteroatoms. The Kier molecular flexibility index (Phi) is 13.2. The summed E-state index contributed by atoms with van der Waals surface area (Å²) in [4.78, 5) is 30.4. The van der Waals surface area contributed by atoms with Gasteiger partial charge in [-0.15, -0.1) is 0 Å². The van der Waals surface area contributed by atoms with E-state index in [1.165, 1.54) is 18.6 Å². The molecule has 1 fully saturated rings. The maximum Gasteiger partial charge on any atom is 0.254 e. The molecule has 0 spiro atoms. The number of nitrogens with zero attached hydrogens (tertiary/aromatic N) is 2. The first-order valence-electron chi connectivity index (χ1n) is 16.0. The highest BCUT2D eigenvalue weighted by Crippen LogP contribution is 2.39. The molecule has 7 nitrogen and oxygen atoms in total. The molecule has 2 aliphatic heterocycles. The number of benzene rings is 1. The summed E-state index contributed by atoms with van der Waals surface area (Å²) in [6.07, 6.45) is 15.3. The van der Waals surface area contributed by atoms with Gasteiger partial charge < -0.3 is 19.7 Å². The number of ether oxygens (including phenoxy) is 2. The molecule has 0 saturated carbocycles. The Hall–Kier alpha value is -3.89. The Bertz CT molecular complexity index is 1610. The van der Waals surface area contributed by atoms with E-state index in [1.54, 1.807) is 13.2 Å². The fraction of sp³-hybridized carbons (Fsp3) is 0.333. The van der Waals surface area contributed by atoms with Gasteiger partial charge in [-0.1, -0.05) is 77.7 Å². The number of carbonyl (C=O) groups is 2. The van der Waals surface area contributed by atoms with Crippen molar-refractivity contribution in [3.8, 4) is 0 Å². The summed E-state index contributed by atoms with van der Waals surface area (Å²) in [6, 6.07) is 7.71. The van der Waals surface area contributed by atoms with Gasteiger partial charge in [0.1, 0.15) is 11.5 Å². The minimum Gasteiger partial charge on any atom is -0.496 e. The fourth-order valence-electron chi connectivity index (χ4n) is 5.73. The average Bonchev–Trinajstić information content (AvgIpc) is 3.25. The van der Waals surface area contributed by atoms with Crippen LogP contribution in [0.3, 0.4) is 0 Å². The number of hydrogen-bond donors (Lipinski definition) is 1. The van der Waals surface area contributed by atoms with Crippen LogP contribution in [0.25, 0.3) is 5.57 Å². The van der Waals surface area contributed by atoms with Crippen LogP contribution in [0, 0.1) is 0 Å². The van der Waals surface area contributed by atoms with Crippen LogP contribution in [0.15, 0.2) is 125 Å². The Labute approximate surface area is 293 Å². The molecule has 0 aromatic heterocycles. The summed E-state index contributed by atoms with van der Waals surface area (Å²) >= 11 is 2.34. The van der Waals surface area contributed by atoms with E-state index in [4.69, 9.17) is 9.47 Å². The van der Waals surface area contributed by atoms with Crippen molar-refractivity contribution in [1.82, 2.24) is 15.1 Å². The molecule has 2 heterocycles. The van der Waals surface area contributed by atoms with Crippen molar-refractivity contribution in [1.29, 1.82) is 0 Å². The Morgan fingerprint density at radius 3 is 2.53 bits per heavy atom. The molecular weight excluding hydrogens is 701 g/mol. The molecule has 1 saturated heterocycles. The number of piperazine rings is 1. The van der Waals surface area contributed by atoms with Gasteiger partial charge in [-0.3, -0.25) is 14.5 Å². The standard InChI is InChI=1S/C39H46IN3O4/c1-27(26-40)16-18-32-30(4)41-31(5)33(19-17-28(2)44)38(32)34-12-7-8-13-35(34)39(45)43-23-21-42(22-24-43)20-11-25-47-37-15-10-9-14-36(46-6)29(37)3/h7-9,12-19,41H,4-5,10-11,20-26H2,1-3,6H3/b19-17-,27-16+,32-18+. The van der Waals surface area contributed by atoms with E-state index in [2.05, 4.69) is 71.1 Å². The lowest BCUT2D eigenvalue weighted by atomic mass is 9.84. The Morgan fingerprint density at radius 1 is 1.09 bits per heavy atom. The molecule has 0 atom stereocenters. The highest BCUT2D eigenvalue weighted by molar-refractivity contribution is 14.1. The molecule has 1 N–H and O–H groups in total. The number of hydrogen-bond acceptors (Lipinski definition) is 6. The molecule has 3 aliphatic rings. The quantitative estimate of drug-likeness (QED) is 0.104. The van der Waals surface area contributed by atoms with Gasteiger partial charge in [0.2, 0.25) is 0 Å². The zero-order valence-corrected chi connectivity index (χ0v) is 30.2. The van der Waals surface area contributed by atoms with E-state index in [9.17, 15) is 9.59 Å². The third-order valence-corrected chi connectivity index (χ3v) is 9.55. The zero-order valence-electron chi connectivity index (χ0n) is 28.0. The molecule has 0 bridgehead atoms. The van der Waals surface area contributed by atoms with Crippen LogP contribution in [0.1, 0.15) is 49.5 Å². The molecule has 1 aromatic carbocycles. The number of allylic oxidation sites excluding steroid dienone is 10. The van der Waals surface area contributed by atoms with Crippen LogP contribution < -0.4 is 5.32 Å². The highest BCUT2D eigenvalue weighted by Gasteiger charge is 2.29. The number of methoxy groups -OCH3 is 1. The first-order chi connectivity index (χ1) is 22.6. The molecule has 47 heavy (non-hydrogen) atoms. The summed E-state index contributed by atoms with van der Waals surface area (Å²) in [7, 11) is 1.68. The number of ketones is 1. The van der Waals surface area contributed by atoms with Crippen LogP contribution in [0.5, 0.6) is 0 Å². The van der Waals surface area contributed by atoms with Crippen molar-refractivity contribution < 1.29 is 19.1 Å². The largest absolute Gasteiger partial charge is 0.496 e. The van der Waals surface area contributed by atoms with E-state index in [-0.39, 0.29) is 11.7 Å². The van der Waals surface area contributed by atoms with Gasteiger partial charge in [-0.25, -0.2) is 0 Å². The van der Waals surface area contributed by atoms with Gasteiger partial charge in [0.25, 0.3) is 5.91 Å². The summed E-state index contributed by atoms with van der Waals surface area (Å²) in [5, 5.41) is 3.28. The van der Waals surface area contributed by atoms with Crippen LogP contribution in [-0.4, -0.2) is 72.4 Å². The summed E-state index contributed by atoms with van der Waals surface area (Å²) in [5.74, 6) is 1.64. The predicted octanol–water partition coefficient (Wildman–Crippen LogP) is 7.45. The highest BCUT2D eigenvalue weighted by atomic mass is 127. The Balaban J connectivity index is 1.50. The van der Waals surface area contributed by atoms with Gasteiger partial charge >= 0.3 is 0 Å². The van der Waals surface area contributed by atoms with Crippen molar-refractivity contribution in [3.05, 3.63) is 136 Å². The van der Waals surface area contributed by atoms with Crippen molar-refractivity contribution in [2.45, 2.75) is 33.6 Å². The third-order valence-electron chi connectivity index (χ3n) is 8.35. The van der Waals surface area contributed by atoms with E-state index < -0.39 is 0 Å². The topological polar surface area (TPSA) is 71.1 Å². The fourth-order valence-corrected chi connectivity index (χ4v) is 5.99. The van der Waals surface area contributed by atoms with E-state index in [1.807, 2.05) is 48.2 Å². The maximum absolute atomic E-state index is 14.1. The first-order valence-corrected chi connectivity index (χ1v) is 17.5. The van der Waals surface area contributed by atoms with Crippen LogP contribution in [-0.2, 0) is 14.3 Å². The van der Waals surface area contributed by atoms with Crippen LogP contribution in [0.2, 0.25) is 0 Å². The van der Waals surface area contributed by atoms with Crippen molar-refractivity contribution in [2.75, 3.05) is 50.9 Å². The average molecular weight is 748 g/mol. The summed E-state index contributed by atoms with van der Waals surface area (Å²) < 4.78 is 12.5. The monoisotopic (exact) mass is 747 g/mol. The van der Waals surface area contributed by atoms with Gasteiger partial charge in [0.05, 0.1) is 13.7 Å². The maximum atomic E-state index is 14.1. The minimum absolute atomic E-state index is 0.0100. The molecule has 0 radical (unpaired) electrons. The lowest BCUT2D eigenvalue weighted by Crippen LogP contribution is -2.49. The number of rotatable bonds is 12. The van der Waals surface area contributed by atoms with E-state index >= 15 is 0 Å². The van der Waals surface area contributed by atoms with E-state index in [0.29, 0.717) is 36.7 Å². The number of carbonyl (C=O) groups excluding carboxylic acids is 2. The summed E-state index contributed by atoms with van der Waals surface area (Å²) in [6.45, 7) is 18.5. The minimum atomic E-state index is -0.0694. The summed E-state index contributed by atoms with van der Waals surface area (Å²) in [5.41, 5.74) is 7.40. The number of amides is 1. The molecular formula is C39H46IN3O4. The van der Waals surface area contributed by atoms with Crippen molar-refractivity contribution >= 4 is 39.9 Å². The van der Waals surface area contributed by atoms with Gasteiger partial charge in [0, 0.05) is 76.4 Å². The molecule has 1 aromatic rings.